The highest BCUT2D eigenvalue weighted by molar-refractivity contribution is 5.74. The van der Waals surface area contributed by atoms with E-state index in [0.717, 1.165) is 13.1 Å². The Morgan fingerprint density at radius 2 is 2.15 bits per heavy atom. The van der Waals surface area contributed by atoms with Crippen LogP contribution in [0.3, 0.4) is 0 Å². The third kappa shape index (κ3) is 4.94. The Balaban J connectivity index is 1.61. The van der Waals surface area contributed by atoms with Gasteiger partial charge in [-0.2, -0.15) is 0 Å². The topological polar surface area (TPSA) is 64.6 Å². The lowest BCUT2D eigenvalue weighted by Crippen LogP contribution is -2.47. The molecule has 1 saturated heterocycles. The summed E-state index contributed by atoms with van der Waals surface area (Å²) < 4.78 is 0. The Morgan fingerprint density at radius 3 is 2.80 bits per heavy atom. The number of carbonyl (C=O) groups excluding carboxylic acids is 1. The number of amides is 2. The fraction of sp³-hybridized carbons (Fsp3) is 0.933. The monoisotopic (exact) mass is 283 g/mol. The summed E-state index contributed by atoms with van der Waals surface area (Å²) in [5.41, 5.74) is 0. The maximum absolute atomic E-state index is 11.9. The van der Waals surface area contributed by atoms with Gasteiger partial charge in [0, 0.05) is 31.8 Å². The summed E-state index contributed by atoms with van der Waals surface area (Å²) in [6, 6.07) is 0.705. The van der Waals surface area contributed by atoms with Crippen LogP contribution < -0.4 is 10.6 Å². The van der Waals surface area contributed by atoms with Crippen LogP contribution >= 0.6 is 0 Å². The van der Waals surface area contributed by atoms with E-state index in [-0.39, 0.29) is 18.7 Å². The maximum Gasteiger partial charge on any atom is 0.315 e. The molecule has 20 heavy (non-hydrogen) atoms. The molecule has 116 valence electrons. The van der Waals surface area contributed by atoms with Crippen LogP contribution in [-0.4, -0.2) is 54.4 Å². The first-order valence-electron chi connectivity index (χ1n) is 8.10. The second-order valence-corrected chi connectivity index (χ2v) is 6.24. The van der Waals surface area contributed by atoms with Gasteiger partial charge in [-0.15, -0.1) is 0 Å². The zero-order chi connectivity index (χ0) is 14.4. The molecule has 0 aromatic carbocycles. The number of hydrogen-bond donors (Lipinski definition) is 3. The van der Waals surface area contributed by atoms with Crippen LogP contribution in [0.1, 0.15) is 45.4 Å². The zero-order valence-electron chi connectivity index (χ0n) is 12.6. The van der Waals surface area contributed by atoms with Gasteiger partial charge in [-0.25, -0.2) is 4.79 Å². The van der Waals surface area contributed by atoms with Gasteiger partial charge in [-0.3, -0.25) is 4.90 Å². The molecule has 5 heteroatoms. The molecule has 2 amide bonds. The lowest BCUT2D eigenvalue weighted by atomic mass is 10.0. The van der Waals surface area contributed by atoms with Crippen LogP contribution in [0.4, 0.5) is 4.79 Å². The van der Waals surface area contributed by atoms with Gasteiger partial charge in [0.1, 0.15) is 0 Å². The normalized spacial score (nSPS) is 25.2. The fourth-order valence-electron chi connectivity index (χ4n) is 3.09. The van der Waals surface area contributed by atoms with Crippen molar-refractivity contribution in [2.75, 3.05) is 26.2 Å². The van der Waals surface area contributed by atoms with Gasteiger partial charge in [-0.05, 0) is 51.5 Å². The first-order valence-corrected chi connectivity index (χ1v) is 8.10. The van der Waals surface area contributed by atoms with Crippen molar-refractivity contribution in [3.05, 3.63) is 0 Å². The van der Waals surface area contributed by atoms with Crippen LogP contribution in [0.5, 0.6) is 0 Å². The Hall–Kier alpha value is -0.810. The van der Waals surface area contributed by atoms with Crippen molar-refractivity contribution in [1.82, 2.24) is 15.5 Å². The molecule has 0 spiro atoms. The minimum absolute atomic E-state index is 0.0833. The van der Waals surface area contributed by atoms with Gasteiger partial charge in [0.25, 0.3) is 0 Å². The molecule has 1 aliphatic carbocycles. The summed E-state index contributed by atoms with van der Waals surface area (Å²) in [6.45, 7) is 5.20. The molecule has 0 aromatic rings. The molecule has 3 N–H and O–H groups in total. The summed E-state index contributed by atoms with van der Waals surface area (Å²) in [4.78, 5) is 14.3. The standard InChI is InChI=1S/C15H29N3O2/c1-12-4-2-3-9-18(12)10-8-16-15(20)17-14(7-11-19)13-5-6-13/h12-14,19H,2-11H2,1H3,(H2,16,17,20). The Kier molecular flexibility index (Phi) is 6.10. The van der Waals surface area contributed by atoms with E-state index in [0.29, 0.717) is 24.9 Å². The van der Waals surface area contributed by atoms with Crippen LogP contribution in [0.2, 0.25) is 0 Å². The average Bonchev–Trinajstić information content (AvgIpc) is 3.25. The molecule has 5 nitrogen and oxygen atoms in total. The Labute approximate surface area is 122 Å². The maximum atomic E-state index is 11.9. The van der Waals surface area contributed by atoms with Crippen molar-refractivity contribution in [2.45, 2.75) is 57.5 Å². The lowest BCUT2D eigenvalue weighted by Gasteiger charge is -2.33. The van der Waals surface area contributed by atoms with Crippen molar-refractivity contribution in [3.8, 4) is 0 Å². The summed E-state index contributed by atoms with van der Waals surface area (Å²) >= 11 is 0. The SMILES string of the molecule is CC1CCCCN1CCNC(=O)NC(CCO)C1CC1. The van der Waals surface area contributed by atoms with Gasteiger partial charge in [0.15, 0.2) is 0 Å². The average molecular weight is 283 g/mol. The van der Waals surface area contributed by atoms with E-state index in [9.17, 15) is 4.79 Å². The fourth-order valence-corrected chi connectivity index (χ4v) is 3.09. The molecule has 2 fully saturated rings. The van der Waals surface area contributed by atoms with Crippen LogP contribution in [0.15, 0.2) is 0 Å². The largest absolute Gasteiger partial charge is 0.396 e. The molecular weight excluding hydrogens is 254 g/mol. The highest BCUT2D eigenvalue weighted by Gasteiger charge is 2.31. The second kappa shape index (κ2) is 7.84. The third-order valence-corrected chi connectivity index (χ3v) is 4.57. The molecule has 2 atom stereocenters. The van der Waals surface area contributed by atoms with Gasteiger partial charge in [0.05, 0.1) is 0 Å². The third-order valence-electron chi connectivity index (χ3n) is 4.57. The number of likely N-dealkylation sites (tertiary alicyclic amines) is 1. The minimum Gasteiger partial charge on any atom is -0.396 e. The first-order chi connectivity index (χ1) is 9.70. The molecule has 0 bridgehead atoms. The molecule has 1 heterocycles. The van der Waals surface area contributed by atoms with E-state index in [1.165, 1.54) is 32.1 Å². The number of nitrogens with one attached hydrogen (secondary N) is 2. The first kappa shape index (κ1) is 15.6. The highest BCUT2D eigenvalue weighted by Crippen LogP contribution is 2.33. The summed E-state index contributed by atoms with van der Waals surface area (Å²) in [5.74, 6) is 0.579. The van der Waals surface area contributed by atoms with Crippen molar-refractivity contribution in [2.24, 2.45) is 5.92 Å². The zero-order valence-corrected chi connectivity index (χ0v) is 12.6. The summed E-state index contributed by atoms with van der Waals surface area (Å²) in [6.07, 6.45) is 6.90. The predicted molar refractivity (Wildman–Crippen MR) is 79.6 cm³/mol. The molecule has 0 radical (unpaired) electrons. The van der Waals surface area contributed by atoms with E-state index in [1.54, 1.807) is 0 Å². The van der Waals surface area contributed by atoms with E-state index in [2.05, 4.69) is 22.5 Å². The molecule has 2 aliphatic rings. The molecule has 1 aliphatic heterocycles. The quantitative estimate of drug-likeness (QED) is 0.660. The van der Waals surface area contributed by atoms with Crippen molar-refractivity contribution in [3.63, 3.8) is 0 Å². The lowest BCUT2D eigenvalue weighted by molar-refractivity contribution is 0.161. The number of piperidine rings is 1. The predicted octanol–water partition coefficient (Wildman–Crippen LogP) is 1.32. The molecule has 0 aromatic heterocycles. The number of urea groups is 1. The number of carbonyl (C=O) groups is 1. The molecule has 2 unspecified atom stereocenters. The van der Waals surface area contributed by atoms with E-state index in [1.807, 2.05) is 0 Å². The van der Waals surface area contributed by atoms with Gasteiger partial charge >= 0.3 is 6.03 Å². The highest BCUT2D eigenvalue weighted by atomic mass is 16.3. The summed E-state index contributed by atoms with van der Waals surface area (Å²) in [7, 11) is 0. The molecular formula is C15H29N3O2. The number of rotatable bonds is 7. The number of hydrogen-bond acceptors (Lipinski definition) is 3. The van der Waals surface area contributed by atoms with Crippen molar-refractivity contribution in [1.29, 1.82) is 0 Å². The van der Waals surface area contributed by atoms with Gasteiger partial charge in [0.2, 0.25) is 0 Å². The van der Waals surface area contributed by atoms with Crippen LogP contribution in [0, 0.1) is 5.92 Å². The Bertz CT molecular complexity index is 307. The molecule has 2 rings (SSSR count). The van der Waals surface area contributed by atoms with E-state index < -0.39 is 0 Å². The van der Waals surface area contributed by atoms with E-state index >= 15 is 0 Å². The van der Waals surface area contributed by atoms with Crippen LogP contribution in [-0.2, 0) is 0 Å². The van der Waals surface area contributed by atoms with Crippen molar-refractivity contribution < 1.29 is 9.90 Å². The number of nitrogens with zero attached hydrogens (tertiary/aromatic N) is 1. The number of aliphatic hydroxyl groups excluding tert-OH is 1. The van der Waals surface area contributed by atoms with Gasteiger partial charge in [-0.1, -0.05) is 6.42 Å². The smallest absolute Gasteiger partial charge is 0.315 e. The Morgan fingerprint density at radius 1 is 1.35 bits per heavy atom. The molecule has 1 saturated carbocycles. The van der Waals surface area contributed by atoms with E-state index in [4.69, 9.17) is 5.11 Å². The minimum atomic E-state index is -0.0833. The second-order valence-electron chi connectivity index (χ2n) is 6.24. The van der Waals surface area contributed by atoms with Gasteiger partial charge < -0.3 is 15.7 Å². The van der Waals surface area contributed by atoms with Crippen LogP contribution in [0.25, 0.3) is 0 Å². The van der Waals surface area contributed by atoms with Crippen molar-refractivity contribution >= 4 is 6.03 Å². The number of aliphatic hydroxyl groups is 1. The summed E-state index contributed by atoms with van der Waals surface area (Å²) in [5, 5.41) is 15.0.